The molecule has 0 aliphatic rings. The van der Waals surface area contributed by atoms with E-state index in [9.17, 15) is 0 Å². The SMILES string of the molecule is IC#[C][Tl]. The van der Waals surface area contributed by atoms with E-state index in [1.54, 1.807) is 0 Å². The molecule has 0 amide bonds. The average molecular weight is 355 g/mol. The molecule has 0 bridgehead atoms. The Morgan fingerprint density at radius 1 is 1.75 bits per heavy atom. The van der Waals surface area contributed by atoms with Crippen molar-refractivity contribution in [3.05, 3.63) is 0 Å². The minimum atomic E-state index is 0.863. The van der Waals surface area contributed by atoms with Crippen molar-refractivity contribution in [2.24, 2.45) is 0 Å². The maximum absolute atomic E-state index is 2.83. The zero-order chi connectivity index (χ0) is 3.41. The van der Waals surface area contributed by atoms with E-state index < -0.39 is 0 Å². The van der Waals surface area contributed by atoms with Gasteiger partial charge >= 0.3 is 55.8 Å². The summed E-state index contributed by atoms with van der Waals surface area (Å²) >= 11 is 2.89. The molecule has 18 valence electrons. The van der Waals surface area contributed by atoms with Gasteiger partial charge in [0.05, 0.1) is 0 Å². The Balaban J connectivity index is 2.83. The predicted molar refractivity (Wildman–Crippen MR) is 27.5 cm³/mol. The molecule has 4 heavy (non-hydrogen) atoms. The standard InChI is InChI=1S/C2I.Tl/c1-2-3;. The van der Waals surface area contributed by atoms with Gasteiger partial charge in [-0.25, -0.2) is 0 Å². The fourth-order valence-electron chi connectivity index (χ4n) is 0. The Bertz CT molecular complexity index is 42.8. The van der Waals surface area contributed by atoms with E-state index in [4.69, 9.17) is 0 Å². The van der Waals surface area contributed by atoms with E-state index >= 15 is 0 Å². The summed E-state index contributed by atoms with van der Waals surface area (Å²) in [4.78, 5) is 0. The van der Waals surface area contributed by atoms with Gasteiger partial charge in [-0.2, -0.15) is 0 Å². The summed E-state index contributed by atoms with van der Waals surface area (Å²) in [6.45, 7) is 0. The van der Waals surface area contributed by atoms with E-state index in [1.165, 1.54) is 0 Å². The fourth-order valence-corrected chi connectivity index (χ4v) is 0. The van der Waals surface area contributed by atoms with Crippen LogP contribution in [0.1, 0.15) is 0 Å². The van der Waals surface area contributed by atoms with Crippen LogP contribution in [0.3, 0.4) is 0 Å². The molecule has 0 unspecified atom stereocenters. The van der Waals surface area contributed by atoms with E-state index in [0.29, 0.717) is 0 Å². The summed E-state index contributed by atoms with van der Waals surface area (Å²) in [6, 6.07) is 0. The third-order valence-corrected chi connectivity index (χ3v) is 3.21. The Labute approximate surface area is 55.2 Å². The van der Waals surface area contributed by atoms with Gasteiger partial charge in [0.2, 0.25) is 0 Å². The molecule has 0 fully saturated rings. The second-order valence-electron chi connectivity index (χ2n) is 0.239. The van der Waals surface area contributed by atoms with Crippen LogP contribution >= 0.6 is 22.6 Å². The van der Waals surface area contributed by atoms with Gasteiger partial charge in [0.25, 0.3) is 0 Å². The van der Waals surface area contributed by atoms with E-state index in [-0.39, 0.29) is 0 Å². The molecule has 0 heterocycles. The molecule has 0 saturated heterocycles. The molecule has 0 aromatic heterocycles. The molecule has 0 radical (unpaired) electrons. The quantitative estimate of drug-likeness (QED) is 0.338. The van der Waals surface area contributed by atoms with Crippen LogP contribution in [-0.2, 0) is 0 Å². The van der Waals surface area contributed by atoms with E-state index in [0.717, 1.165) is 25.8 Å². The molecule has 0 nitrogen and oxygen atoms in total. The zero-order valence-electron chi connectivity index (χ0n) is 1.96. The predicted octanol–water partition coefficient (Wildman–Crippen LogP) is 0.508. The molecule has 0 aliphatic carbocycles. The van der Waals surface area contributed by atoms with Crippen molar-refractivity contribution in [2.45, 2.75) is 0 Å². The summed E-state index contributed by atoms with van der Waals surface area (Å²) in [7, 11) is 0. The molecule has 0 aromatic rings. The van der Waals surface area contributed by atoms with Gasteiger partial charge in [-0.1, -0.05) is 0 Å². The van der Waals surface area contributed by atoms with Crippen molar-refractivity contribution in [2.75, 3.05) is 0 Å². The molecule has 0 aromatic carbocycles. The summed E-state index contributed by atoms with van der Waals surface area (Å²) in [6.07, 6.45) is 0. The Kier molecular flexibility index (Phi) is 5.49. The minimum absolute atomic E-state index is 0.863. The first-order valence-electron chi connectivity index (χ1n) is 0.728. The molecule has 0 aliphatic heterocycles. The van der Waals surface area contributed by atoms with Crippen molar-refractivity contribution < 1.29 is 0 Å². The van der Waals surface area contributed by atoms with Crippen LogP contribution in [0.25, 0.3) is 0 Å². The molecular weight excluding hydrogens is 355 g/mol. The van der Waals surface area contributed by atoms with E-state index in [1.807, 2.05) is 22.6 Å². The maximum atomic E-state index is 2.83. The van der Waals surface area contributed by atoms with Gasteiger partial charge in [0.1, 0.15) is 0 Å². The monoisotopic (exact) mass is 356 g/mol. The summed E-state index contributed by atoms with van der Waals surface area (Å²) < 4.78 is 5.56. The first-order chi connectivity index (χ1) is 1.91. The Morgan fingerprint density at radius 2 is 2.00 bits per heavy atom. The van der Waals surface area contributed by atoms with Gasteiger partial charge in [0, 0.05) is 0 Å². The van der Waals surface area contributed by atoms with Gasteiger partial charge < -0.3 is 0 Å². The van der Waals surface area contributed by atoms with Gasteiger partial charge in [-0.15, -0.1) is 0 Å². The molecule has 0 atom stereocenters. The van der Waals surface area contributed by atoms with Crippen LogP contribution in [0.5, 0.6) is 0 Å². The Morgan fingerprint density at radius 3 is 2.00 bits per heavy atom. The van der Waals surface area contributed by atoms with Crippen LogP contribution in [-0.4, -0.2) is 25.8 Å². The van der Waals surface area contributed by atoms with Gasteiger partial charge in [-0.3, -0.25) is 0 Å². The third-order valence-electron chi connectivity index (χ3n) is 0.0546. The molecule has 0 rings (SSSR count). The van der Waals surface area contributed by atoms with Crippen LogP contribution in [0.4, 0.5) is 0 Å². The second kappa shape index (κ2) is 4.21. The van der Waals surface area contributed by atoms with Crippen LogP contribution in [0.2, 0.25) is 0 Å². The number of hydrogen-bond acceptors (Lipinski definition) is 0. The van der Waals surface area contributed by atoms with E-state index in [2.05, 4.69) is 7.41 Å². The normalized spacial score (nSPS) is 3.00. The number of hydrogen-bond donors (Lipinski definition) is 0. The summed E-state index contributed by atoms with van der Waals surface area (Å²) in [5.74, 6) is 0. The molecule has 0 N–H and O–H groups in total. The number of halogens is 1. The summed E-state index contributed by atoms with van der Waals surface area (Å²) in [5.41, 5.74) is 0. The summed E-state index contributed by atoms with van der Waals surface area (Å²) in [5, 5.41) is 0. The Hall–Kier alpha value is 1.21. The molecule has 0 spiro atoms. The van der Waals surface area contributed by atoms with Gasteiger partial charge in [0.15, 0.2) is 0 Å². The molecule has 2 heteroatoms. The second-order valence-corrected chi connectivity index (χ2v) is 1.90. The molecular formula is C2ITl. The number of rotatable bonds is 0. The fraction of sp³-hybridized carbons (Fsp3) is 0. The molecule has 0 saturated carbocycles. The van der Waals surface area contributed by atoms with Crippen molar-refractivity contribution in [3.8, 4) is 7.41 Å². The van der Waals surface area contributed by atoms with Crippen LogP contribution in [0.15, 0.2) is 0 Å². The van der Waals surface area contributed by atoms with Crippen molar-refractivity contribution in [1.29, 1.82) is 0 Å². The topological polar surface area (TPSA) is 0 Å². The first kappa shape index (κ1) is 5.21. The van der Waals surface area contributed by atoms with Crippen molar-refractivity contribution in [1.82, 2.24) is 0 Å². The first-order valence-corrected chi connectivity index (χ1v) is 4.05. The van der Waals surface area contributed by atoms with Crippen molar-refractivity contribution in [3.63, 3.8) is 0 Å². The van der Waals surface area contributed by atoms with Crippen LogP contribution in [0, 0.1) is 7.41 Å². The van der Waals surface area contributed by atoms with Crippen molar-refractivity contribution >= 4 is 48.4 Å². The average Bonchev–Trinajstić information content (AvgIpc) is 1.37. The van der Waals surface area contributed by atoms with Gasteiger partial charge in [-0.05, 0) is 0 Å². The third kappa shape index (κ3) is 3.21. The van der Waals surface area contributed by atoms with Crippen LogP contribution < -0.4 is 0 Å². The zero-order valence-corrected chi connectivity index (χ0v) is 8.60.